The minimum atomic E-state index is -0.229. The highest BCUT2D eigenvalue weighted by Gasteiger charge is 2.40. The lowest BCUT2D eigenvalue weighted by atomic mass is 9.75. The van der Waals surface area contributed by atoms with Crippen molar-refractivity contribution < 1.29 is 0 Å². The molecule has 4 nitrogen and oxygen atoms in total. The van der Waals surface area contributed by atoms with Crippen LogP contribution in [-0.4, -0.2) is 18.3 Å². The fourth-order valence-corrected chi connectivity index (χ4v) is 16.5. The van der Waals surface area contributed by atoms with Crippen LogP contribution in [0.15, 0.2) is 243 Å². The van der Waals surface area contributed by atoms with Gasteiger partial charge in [0.15, 0.2) is 0 Å². The summed E-state index contributed by atoms with van der Waals surface area (Å²) in [4.78, 5) is 0. The Balaban J connectivity index is 0.740. The second-order valence-electron chi connectivity index (χ2n) is 26.1. The summed E-state index contributed by atoms with van der Waals surface area (Å²) in [5.41, 5.74) is 30.2. The zero-order valence-corrected chi connectivity index (χ0v) is 48.4. The third kappa shape index (κ3) is 6.01. The Morgan fingerprint density at radius 3 is 1.20 bits per heavy atom. The zero-order chi connectivity index (χ0) is 56.6. The van der Waals surface area contributed by atoms with E-state index in [9.17, 15) is 0 Å². The van der Waals surface area contributed by atoms with E-state index in [0.717, 1.165) is 5.69 Å². The fourth-order valence-electron chi connectivity index (χ4n) is 16.5. The average Bonchev–Trinajstić information content (AvgIpc) is 1.66. The average molecular weight is 1090 g/mol. The molecule has 0 radical (unpaired) electrons. The lowest BCUT2D eigenvalue weighted by Gasteiger charge is -2.34. The van der Waals surface area contributed by atoms with Crippen LogP contribution < -0.4 is 0 Å². The van der Waals surface area contributed by atoms with Crippen LogP contribution in [0.5, 0.6) is 0 Å². The fraction of sp³-hybridized carbons (Fsp3) is 0.111. The lowest BCUT2D eigenvalue weighted by Crippen LogP contribution is -2.26. The number of rotatable bonds is 4. The molecule has 0 N–H and O–H groups in total. The van der Waals surface area contributed by atoms with Gasteiger partial charge in [0, 0.05) is 70.7 Å². The molecule has 6 heterocycles. The minimum absolute atomic E-state index is 0.101. The maximum atomic E-state index is 2.56. The van der Waals surface area contributed by atoms with Crippen LogP contribution in [0.1, 0.15) is 74.9 Å². The van der Waals surface area contributed by atoms with Crippen LogP contribution in [0, 0.1) is 0 Å². The molecule has 0 saturated carbocycles. The van der Waals surface area contributed by atoms with E-state index in [1.165, 1.54) is 171 Å². The smallest absolute Gasteiger partial charge is 0.0582 e. The normalized spacial score (nSPS) is 15.0. The Morgan fingerprint density at radius 2 is 0.624 bits per heavy atom. The number of hydrogen-bond donors (Lipinski definition) is 0. The number of benzene rings is 12. The molecule has 0 unspecified atom stereocenters. The molecule has 4 heteroatoms. The zero-order valence-electron chi connectivity index (χ0n) is 48.4. The molecule has 3 aliphatic rings. The highest BCUT2D eigenvalue weighted by Crippen LogP contribution is 2.55. The van der Waals surface area contributed by atoms with E-state index in [1.54, 1.807) is 0 Å². The molecular formula is C81H58N4. The van der Waals surface area contributed by atoms with Gasteiger partial charge in [-0.15, -0.1) is 0 Å². The minimum Gasteiger partial charge on any atom is -0.309 e. The van der Waals surface area contributed by atoms with Crippen LogP contribution in [0.25, 0.3) is 143 Å². The van der Waals surface area contributed by atoms with Crippen LogP contribution in [-0.2, 0) is 16.2 Å². The van der Waals surface area contributed by atoms with Crippen molar-refractivity contribution in [1.29, 1.82) is 0 Å². The number of fused-ring (bicyclic) bond motifs is 19. The molecule has 0 spiro atoms. The first-order valence-electron chi connectivity index (χ1n) is 30.2. The molecule has 0 amide bonds. The van der Waals surface area contributed by atoms with E-state index in [4.69, 9.17) is 0 Å². The van der Waals surface area contributed by atoms with Gasteiger partial charge in [-0.05, 0) is 170 Å². The van der Waals surface area contributed by atoms with Gasteiger partial charge >= 0.3 is 0 Å². The predicted molar refractivity (Wildman–Crippen MR) is 356 cm³/mol. The van der Waals surface area contributed by atoms with Gasteiger partial charge in [-0.2, -0.15) is 0 Å². The Kier molecular flexibility index (Phi) is 8.98. The van der Waals surface area contributed by atoms with Crippen LogP contribution in [0.2, 0.25) is 0 Å². The van der Waals surface area contributed by atoms with Crippen molar-refractivity contribution in [2.45, 2.75) is 57.8 Å². The van der Waals surface area contributed by atoms with E-state index >= 15 is 0 Å². The van der Waals surface area contributed by atoms with Crippen molar-refractivity contribution >= 4 is 87.2 Å². The highest BCUT2D eigenvalue weighted by atomic mass is 15.0. The lowest BCUT2D eigenvalue weighted by molar-refractivity contribution is 0.630. The van der Waals surface area contributed by atoms with Gasteiger partial charge in [0.2, 0.25) is 0 Å². The highest BCUT2D eigenvalue weighted by molar-refractivity contribution is 6.17. The molecule has 0 atom stereocenters. The Bertz CT molecular complexity index is 5690. The summed E-state index contributed by atoms with van der Waals surface area (Å²) in [6, 6.07) is 92.3. The maximum Gasteiger partial charge on any atom is 0.0582 e. The Labute approximate surface area is 492 Å². The van der Waals surface area contributed by atoms with Crippen molar-refractivity contribution in [3.05, 3.63) is 276 Å². The topological polar surface area (TPSA) is 19.7 Å². The van der Waals surface area contributed by atoms with Gasteiger partial charge < -0.3 is 18.3 Å². The van der Waals surface area contributed by atoms with E-state index in [-0.39, 0.29) is 16.2 Å². The summed E-state index contributed by atoms with van der Waals surface area (Å²) in [6.45, 7) is 14.4. The first kappa shape index (κ1) is 47.3. The van der Waals surface area contributed by atoms with E-state index in [0.29, 0.717) is 0 Å². The third-order valence-electron chi connectivity index (χ3n) is 20.7. The summed E-state index contributed by atoms with van der Waals surface area (Å²) in [6.07, 6.45) is 0. The van der Waals surface area contributed by atoms with Crippen molar-refractivity contribution in [3.8, 4) is 56.1 Å². The molecule has 85 heavy (non-hydrogen) atoms. The molecule has 402 valence electrons. The first-order chi connectivity index (χ1) is 41.4. The number of nitrogens with zero attached hydrogens (tertiary/aromatic N) is 4. The van der Waals surface area contributed by atoms with Crippen LogP contribution in [0.4, 0.5) is 0 Å². The largest absolute Gasteiger partial charge is 0.309 e. The molecule has 0 bridgehead atoms. The molecule has 2 aliphatic heterocycles. The monoisotopic (exact) mass is 1090 g/mol. The van der Waals surface area contributed by atoms with E-state index < -0.39 is 0 Å². The molecule has 12 aromatic carbocycles. The molecular weight excluding hydrogens is 1030 g/mol. The van der Waals surface area contributed by atoms with Crippen molar-refractivity contribution in [1.82, 2.24) is 18.3 Å². The van der Waals surface area contributed by atoms with Gasteiger partial charge in [-0.1, -0.05) is 181 Å². The molecule has 0 fully saturated rings. The van der Waals surface area contributed by atoms with E-state index in [2.05, 4.69) is 302 Å². The number of hydrogen-bond acceptors (Lipinski definition) is 0. The van der Waals surface area contributed by atoms with Gasteiger partial charge in [0.05, 0.1) is 55.5 Å². The number of aromatic nitrogens is 4. The summed E-state index contributed by atoms with van der Waals surface area (Å²) >= 11 is 0. The van der Waals surface area contributed by atoms with E-state index in [1.807, 2.05) is 0 Å². The van der Waals surface area contributed by atoms with Crippen LogP contribution in [0.3, 0.4) is 0 Å². The second-order valence-corrected chi connectivity index (χ2v) is 26.1. The van der Waals surface area contributed by atoms with Crippen molar-refractivity contribution in [3.63, 3.8) is 0 Å². The van der Waals surface area contributed by atoms with Crippen LogP contribution >= 0.6 is 0 Å². The SMILES string of the molecule is CC1(C)c2cc(-n3c4ccccc4c4cc(-c5ccc6c(c5)c5cc(-c7ccc8c(c7)c7cccc9c7n8-c7ccccc7C9(C)C)ccc5n6-c5ccccc5)ccc43)ccc2-c2cc3c4cccc5c4n(c3cc21)-c1ccccc1C5(C)C. The molecule has 4 aromatic heterocycles. The van der Waals surface area contributed by atoms with Gasteiger partial charge in [-0.3, -0.25) is 0 Å². The van der Waals surface area contributed by atoms with Gasteiger partial charge in [0.1, 0.15) is 0 Å². The third-order valence-corrected chi connectivity index (χ3v) is 20.7. The molecule has 0 saturated heterocycles. The van der Waals surface area contributed by atoms with Crippen molar-refractivity contribution in [2.75, 3.05) is 0 Å². The summed E-state index contributed by atoms with van der Waals surface area (Å²) in [7, 11) is 0. The van der Waals surface area contributed by atoms with Crippen molar-refractivity contribution in [2.24, 2.45) is 0 Å². The quantitative estimate of drug-likeness (QED) is 0.167. The summed E-state index contributed by atoms with van der Waals surface area (Å²) in [5, 5.41) is 10.2. The number of para-hydroxylation sites is 6. The van der Waals surface area contributed by atoms with Gasteiger partial charge in [-0.25, -0.2) is 0 Å². The first-order valence-corrected chi connectivity index (χ1v) is 30.2. The maximum absolute atomic E-state index is 2.56. The second kappa shape index (κ2) is 16.1. The molecule has 19 rings (SSSR count). The van der Waals surface area contributed by atoms with Gasteiger partial charge in [0.25, 0.3) is 0 Å². The summed E-state index contributed by atoms with van der Waals surface area (Å²) in [5.74, 6) is 0. The Morgan fingerprint density at radius 1 is 0.224 bits per heavy atom. The predicted octanol–water partition coefficient (Wildman–Crippen LogP) is 21.0. The standard InChI is InChI=1S/C81H58N4/c1-79(2)63-23-11-14-28-74(63)84-73-39-33-48(41-59(73)55-21-16-25-65(79)77(55)84)50-32-38-72-61(43-50)60-42-49(31-37-71(60)82(72)51-18-8-7-9-19-51)47-30-36-70-58(40-47)54-20-10-13-27-69(54)83(70)52-34-35-53-57-45-62-56-22-17-26-66-78(56)85(75-29-15-12-24-64(75)80(66,3)4)76(62)46-68(57)81(5,6)67(53)44-52/h7-46H,1-6H3. The Hall–Kier alpha value is -10.2. The summed E-state index contributed by atoms with van der Waals surface area (Å²) < 4.78 is 10.0. The molecule has 1 aliphatic carbocycles. The molecule has 16 aromatic rings.